The van der Waals surface area contributed by atoms with Gasteiger partial charge in [-0.3, -0.25) is 10.1 Å². The van der Waals surface area contributed by atoms with Crippen molar-refractivity contribution in [1.82, 2.24) is 5.32 Å². The van der Waals surface area contributed by atoms with Crippen molar-refractivity contribution >= 4 is 29.3 Å². The smallest absolute Gasteiger partial charge is 0.408 e. The van der Waals surface area contributed by atoms with Gasteiger partial charge in [0.25, 0.3) is 0 Å². The lowest BCUT2D eigenvalue weighted by atomic mass is 10.00. The first kappa shape index (κ1) is 24.5. The summed E-state index contributed by atoms with van der Waals surface area (Å²) < 4.78 is 5.34. The highest BCUT2D eigenvalue weighted by atomic mass is 32.1. The number of ketones is 1. The fourth-order valence-electron chi connectivity index (χ4n) is 3.49. The Hall–Kier alpha value is -3.13. The normalized spacial score (nSPS) is 15.0. The van der Waals surface area contributed by atoms with Crippen molar-refractivity contribution in [3.05, 3.63) is 67.5 Å². The Morgan fingerprint density at radius 3 is 2.76 bits per heavy atom. The molecular weight excluding hydrogens is 442 g/mol. The van der Waals surface area contributed by atoms with Crippen molar-refractivity contribution in [2.75, 3.05) is 0 Å². The van der Waals surface area contributed by atoms with E-state index in [0.717, 1.165) is 17.2 Å². The van der Waals surface area contributed by atoms with Gasteiger partial charge in [-0.25, -0.2) is 9.59 Å². The van der Waals surface area contributed by atoms with Gasteiger partial charge in [0.1, 0.15) is 17.1 Å². The monoisotopic (exact) mass is 471 g/mol. The minimum atomic E-state index is -1.15. The molecule has 2 heterocycles. The first-order valence-corrected chi connectivity index (χ1v) is 11.9. The minimum absolute atomic E-state index is 0.209. The van der Waals surface area contributed by atoms with Crippen molar-refractivity contribution in [3.8, 4) is 5.75 Å². The van der Waals surface area contributed by atoms with E-state index in [1.807, 2.05) is 13.0 Å². The molecule has 3 rings (SSSR count). The average molecular weight is 472 g/mol. The van der Waals surface area contributed by atoms with Gasteiger partial charge in [0.2, 0.25) is 0 Å². The molecule has 1 saturated carbocycles. The van der Waals surface area contributed by atoms with Crippen molar-refractivity contribution in [3.63, 3.8) is 0 Å². The summed E-state index contributed by atoms with van der Waals surface area (Å²) in [6, 6.07) is 5.36. The van der Waals surface area contributed by atoms with Crippen LogP contribution in [0.25, 0.3) is 6.08 Å². The van der Waals surface area contributed by atoms with Gasteiger partial charge in [0.15, 0.2) is 5.78 Å². The van der Waals surface area contributed by atoms with Crippen molar-refractivity contribution < 1.29 is 24.2 Å². The first-order chi connectivity index (χ1) is 15.7. The number of nitrogens with one attached hydrogen (secondary N) is 1. The zero-order valence-electron chi connectivity index (χ0n) is 18.8. The molecule has 1 amide bonds. The Kier molecular flexibility index (Phi) is 8.27. The number of hydrogen-bond acceptors (Lipinski definition) is 6. The fraction of sp³-hybridized carbons (Fsp3) is 0.400. The molecule has 7 nitrogen and oxygen atoms in total. The molecule has 2 aromatic rings. The molecular formula is C25H29NO6S. The number of aryl methyl sites for hydroxylation is 1. The van der Waals surface area contributed by atoms with Crippen molar-refractivity contribution in [2.45, 2.75) is 58.3 Å². The summed E-state index contributed by atoms with van der Waals surface area (Å²) in [4.78, 5) is 38.0. The summed E-state index contributed by atoms with van der Waals surface area (Å²) in [5.41, 5.74) is -0.880. The van der Waals surface area contributed by atoms with Crippen molar-refractivity contribution in [1.29, 1.82) is 0 Å². The minimum Gasteiger partial charge on any atom is -0.507 e. The van der Waals surface area contributed by atoms with E-state index in [1.165, 1.54) is 36.4 Å². The van der Waals surface area contributed by atoms with E-state index >= 15 is 0 Å². The number of allylic oxidation sites excluding steroid dienone is 2. The molecule has 1 unspecified atom stereocenters. The average Bonchev–Trinajstić information content (AvgIpc) is 3.48. The maximum absolute atomic E-state index is 12.9. The number of amides is 1. The van der Waals surface area contributed by atoms with Crippen LogP contribution in [0.2, 0.25) is 0 Å². The third-order valence-electron chi connectivity index (χ3n) is 5.65. The lowest BCUT2D eigenvalue weighted by Crippen LogP contribution is -2.16. The molecule has 2 aromatic heterocycles. The van der Waals surface area contributed by atoms with E-state index in [4.69, 9.17) is 9.52 Å². The number of Topliss-reactive ketones (excluding diaryl/α,β-unsaturated/α-hetero) is 1. The van der Waals surface area contributed by atoms with Gasteiger partial charge in [-0.05, 0) is 62.3 Å². The second-order valence-electron chi connectivity index (χ2n) is 8.47. The van der Waals surface area contributed by atoms with Crippen LogP contribution in [0, 0.1) is 5.92 Å². The summed E-state index contributed by atoms with van der Waals surface area (Å²) >= 11 is 1.64. The van der Waals surface area contributed by atoms with Crippen molar-refractivity contribution in [2.24, 2.45) is 5.92 Å². The molecule has 1 fully saturated rings. The molecule has 1 atom stereocenters. The van der Waals surface area contributed by atoms with Crippen LogP contribution in [0.15, 0.2) is 45.3 Å². The highest BCUT2D eigenvalue weighted by Crippen LogP contribution is 2.34. The largest absolute Gasteiger partial charge is 0.507 e. The lowest BCUT2D eigenvalue weighted by molar-refractivity contribution is 0.102. The van der Waals surface area contributed by atoms with Crippen LogP contribution in [-0.4, -0.2) is 22.1 Å². The fourth-order valence-corrected chi connectivity index (χ4v) is 4.52. The van der Waals surface area contributed by atoms with Crippen LogP contribution >= 0.6 is 11.3 Å². The predicted octanol–water partition coefficient (Wildman–Crippen LogP) is 5.70. The number of hydrogen-bond donors (Lipinski definition) is 3. The van der Waals surface area contributed by atoms with Crippen LogP contribution in [0.4, 0.5) is 4.79 Å². The van der Waals surface area contributed by atoms with E-state index in [2.05, 4.69) is 11.4 Å². The van der Waals surface area contributed by atoms with Crippen LogP contribution < -0.4 is 10.9 Å². The Balaban J connectivity index is 1.66. The van der Waals surface area contributed by atoms with Crippen LogP contribution in [0.3, 0.4) is 0 Å². The van der Waals surface area contributed by atoms with Gasteiger partial charge in [-0.2, -0.15) is 0 Å². The molecule has 0 saturated heterocycles. The van der Waals surface area contributed by atoms with Crippen LogP contribution in [-0.2, 0) is 6.42 Å². The zero-order chi connectivity index (χ0) is 24.0. The lowest BCUT2D eigenvalue weighted by Gasteiger charge is -2.11. The maximum Gasteiger partial charge on any atom is 0.408 e. The molecule has 1 aliphatic carbocycles. The Labute approximate surface area is 196 Å². The zero-order valence-corrected chi connectivity index (χ0v) is 19.6. The van der Waals surface area contributed by atoms with Gasteiger partial charge in [0.05, 0.1) is 0 Å². The molecule has 0 radical (unpaired) electrons. The molecule has 0 aliphatic heterocycles. The van der Waals surface area contributed by atoms with E-state index in [-0.39, 0.29) is 17.2 Å². The summed E-state index contributed by atoms with van der Waals surface area (Å²) in [5.74, 6) is -0.0260. The topological polar surface area (TPSA) is 117 Å². The number of carbonyl (C=O) groups is 2. The summed E-state index contributed by atoms with van der Waals surface area (Å²) in [6.45, 7) is 3.44. The quantitative estimate of drug-likeness (QED) is 0.286. The SMILES string of the molecule is CC(=Cc1ccc(CCC2CC2)s1)C(=O)c1c(O)cc(C(C)CCC=CNC(=O)O)oc1=O. The highest BCUT2D eigenvalue weighted by Gasteiger charge is 2.23. The Morgan fingerprint density at radius 2 is 2.09 bits per heavy atom. The summed E-state index contributed by atoms with van der Waals surface area (Å²) in [6.07, 6.45) is 9.58. The van der Waals surface area contributed by atoms with Gasteiger partial charge in [-0.15, -0.1) is 11.3 Å². The van der Waals surface area contributed by atoms with Crippen LogP contribution in [0.5, 0.6) is 5.75 Å². The number of rotatable bonds is 11. The molecule has 0 bridgehead atoms. The van der Waals surface area contributed by atoms with E-state index in [9.17, 15) is 19.5 Å². The summed E-state index contributed by atoms with van der Waals surface area (Å²) in [5, 5.41) is 21.1. The number of carbonyl (C=O) groups excluding carboxylic acids is 1. The first-order valence-electron chi connectivity index (χ1n) is 11.1. The van der Waals surface area contributed by atoms with E-state index in [1.54, 1.807) is 30.4 Å². The third kappa shape index (κ3) is 7.18. The number of aromatic hydroxyl groups is 1. The molecule has 3 N–H and O–H groups in total. The second kappa shape index (κ2) is 11.1. The highest BCUT2D eigenvalue weighted by molar-refractivity contribution is 7.12. The molecule has 0 spiro atoms. The van der Waals surface area contributed by atoms with Gasteiger partial charge < -0.3 is 14.6 Å². The Bertz CT molecular complexity index is 1120. The number of thiophene rings is 1. The van der Waals surface area contributed by atoms with E-state index in [0.29, 0.717) is 18.4 Å². The standard InChI is InChI=1S/C25H29NO6S/c1-15(5-3-4-12-26-25(30)31)21-14-20(27)22(24(29)32-21)23(28)16(2)13-19-11-10-18(33-19)9-8-17-6-7-17/h4,10-15,17,26-27H,3,5-9H2,1-2H3,(H,30,31). The molecule has 1 aliphatic rings. The van der Waals surface area contributed by atoms with Gasteiger partial charge in [-0.1, -0.05) is 25.8 Å². The maximum atomic E-state index is 12.9. The molecule has 33 heavy (non-hydrogen) atoms. The molecule has 8 heteroatoms. The van der Waals surface area contributed by atoms with Gasteiger partial charge >= 0.3 is 11.7 Å². The molecule has 176 valence electrons. The molecule has 0 aromatic carbocycles. The van der Waals surface area contributed by atoms with Gasteiger partial charge in [0, 0.05) is 27.9 Å². The second-order valence-corrected chi connectivity index (χ2v) is 9.67. The van der Waals surface area contributed by atoms with E-state index < -0.39 is 23.3 Å². The summed E-state index contributed by atoms with van der Waals surface area (Å²) in [7, 11) is 0. The van der Waals surface area contributed by atoms with Crippen LogP contribution in [0.1, 0.15) is 77.7 Å². The Morgan fingerprint density at radius 1 is 1.33 bits per heavy atom. The number of carboxylic acid groups (broad SMARTS) is 1. The predicted molar refractivity (Wildman–Crippen MR) is 128 cm³/mol. The third-order valence-corrected chi connectivity index (χ3v) is 6.74.